The number of hydrogen-bond acceptors (Lipinski definition) is 13. The Morgan fingerprint density at radius 2 is 1.79 bits per heavy atom. The van der Waals surface area contributed by atoms with E-state index in [-0.39, 0.29) is 24.1 Å². The molecule has 1 atom stereocenters. The molecule has 1 spiro atoms. The molecule has 0 unspecified atom stereocenters. The molecule has 5 aromatic heterocycles. The lowest BCUT2D eigenvalue weighted by Crippen LogP contribution is -2.48. The number of oxazole rings is 1. The number of thiophene rings is 1. The number of rotatable bonds is 10. The number of pyridine rings is 1. The van der Waals surface area contributed by atoms with Crippen LogP contribution in [0.4, 0.5) is 5.95 Å². The number of aliphatic imine (C=N–C) groups is 1. The van der Waals surface area contributed by atoms with Crippen molar-refractivity contribution in [2.75, 3.05) is 18.0 Å². The van der Waals surface area contributed by atoms with Crippen molar-refractivity contribution >= 4 is 40.5 Å². The van der Waals surface area contributed by atoms with Crippen LogP contribution in [-0.2, 0) is 12.8 Å². The molecule has 0 bridgehead atoms. The second-order valence-corrected chi connectivity index (χ2v) is 19.2. The quantitative estimate of drug-likeness (QED) is 0.140. The summed E-state index contributed by atoms with van der Waals surface area (Å²) in [5, 5.41) is 22.8. The van der Waals surface area contributed by atoms with Crippen LogP contribution >= 0.6 is 22.9 Å². The first-order valence-corrected chi connectivity index (χ1v) is 23.0. The standard InChI is InChI=1S/C47H48ClN11O3S/c1-27-28(2)63-45-41(27)42(55-39(20-40-50-14-17-61-40)43-57-56-29(3)59(43)45)38-11-4-30(24-51-38)18-31-21-47(22-31)12-15-58(16-13-47)46-52-25-33(26-53-46)44(60)54-34-6-9-35(10-7-34)62-36-8-5-32(23-49)37(48)19-36/h4-5,8,11,14,17,19,24-26,31,34-35,39H,6-7,9-10,12-13,15-16,18,20-22H2,1-3H3,(H,54,60)/t34?,35?,39-/m0/s1. The second kappa shape index (κ2) is 17.0. The van der Waals surface area contributed by atoms with Crippen LogP contribution < -0.4 is 15.0 Å². The zero-order chi connectivity index (χ0) is 43.2. The molecule has 322 valence electrons. The normalized spacial score (nSPS) is 20.5. The van der Waals surface area contributed by atoms with Crippen LogP contribution in [0, 0.1) is 43.4 Å². The molecule has 16 heteroatoms. The van der Waals surface area contributed by atoms with Gasteiger partial charge in [0.05, 0.1) is 46.3 Å². The average Bonchev–Trinajstić information content (AvgIpc) is 3.99. The van der Waals surface area contributed by atoms with E-state index in [9.17, 15) is 4.79 Å². The van der Waals surface area contributed by atoms with Gasteiger partial charge in [0, 0.05) is 54.2 Å². The highest BCUT2D eigenvalue weighted by Crippen LogP contribution is 2.53. The highest BCUT2D eigenvalue weighted by molar-refractivity contribution is 7.15. The minimum absolute atomic E-state index is 0.0369. The summed E-state index contributed by atoms with van der Waals surface area (Å²) < 4.78 is 13.9. The number of amides is 1. The zero-order valence-corrected chi connectivity index (χ0v) is 37.1. The summed E-state index contributed by atoms with van der Waals surface area (Å²) in [4.78, 5) is 40.6. The number of benzene rings is 1. The molecular formula is C47H48ClN11O3S. The molecule has 1 saturated heterocycles. The summed E-state index contributed by atoms with van der Waals surface area (Å²) in [7, 11) is 0. The van der Waals surface area contributed by atoms with Crippen molar-refractivity contribution in [3.63, 3.8) is 0 Å². The molecule has 2 saturated carbocycles. The lowest BCUT2D eigenvalue weighted by molar-refractivity contribution is 0.0280. The van der Waals surface area contributed by atoms with Gasteiger partial charge in [-0.05, 0) is 119 Å². The monoisotopic (exact) mass is 881 g/mol. The zero-order valence-electron chi connectivity index (χ0n) is 35.6. The minimum Gasteiger partial charge on any atom is -0.490 e. The Morgan fingerprint density at radius 1 is 1.00 bits per heavy atom. The molecule has 4 aliphatic rings. The van der Waals surface area contributed by atoms with Gasteiger partial charge in [-0.2, -0.15) is 5.26 Å². The fraction of sp³-hybridized carbons (Fsp3) is 0.426. The molecule has 63 heavy (non-hydrogen) atoms. The number of nitrogens with one attached hydrogen (secondary N) is 1. The minimum atomic E-state index is -0.330. The number of fused-ring (bicyclic) bond motifs is 3. The van der Waals surface area contributed by atoms with Crippen LogP contribution in [0.25, 0.3) is 5.00 Å². The van der Waals surface area contributed by atoms with Gasteiger partial charge in [-0.3, -0.25) is 19.3 Å². The molecule has 14 nitrogen and oxygen atoms in total. The van der Waals surface area contributed by atoms with Crippen LogP contribution in [0.15, 0.2) is 70.8 Å². The molecule has 2 aliphatic heterocycles. The first-order chi connectivity index (χ1) is 30.6. The Kier molecular flexibility index (Phi) is 11.0. The van der Waals surface area contributed by atoms with E-state index >= 15 is 0 Å². The largest absolute Gasteiger partial charge is 0.490 e. The van der Waals surface area contributed by atoms with E-state index in [2.05, 4.69) is 72.0 Å². The number of carbonyl (C=O) groups excluding carboxylic acids is 1. The van der Waals surface area contributed by atoms with Gasteiger partial charge in [-0.25, -0.2) is 15.0 Å². The number of nitriles is 1. The third kappa shape index (κ3) is 8.22. The lowest BCUT2D eigenvalue weighted by atomic mass is 9.56. The van der Waals surface area contributed by atoms with Crippen molar-refractivity contribution in [1.82, 2.24) is 40.0 Å². The number of aryl methyl sites for hydroxylation is 2. The Morgan fingerprint density at radius 3 is 2.49 bits per heavy atom. The fourth-order valence-corrected chi connectivity index (χ4v) is 11.4. The predicted octanol–water partition coefficient (Wildman–Crippen LogP) is 8.45. The van der Waals surface area contributed by atoms with Crippen molar-refractivity contribution in [2.45, 2.75) is 103 Å². The van der Waals surface area contributed by atoms with Gasteiger partial charge in [0.25, 0.3) is 5.91 Å². The SMILES string of the molecule is Cc1sc2c(c1C)C(c1ccc(CC3CC4(CCN(c5ncc(C(=O)NC6CCC(Oc7ccc(C#N)c(Cl)c7)CC6)cn5)CC4)C3)cn1)=N[C@@H](Cc1ncco1)c1nnc(C)n1-2. The molecule has 1 N–H and O–H groups in total. The van der Waals surface area contributed by atoms with Crippen LogP contribution in [0.3, 0.4) is 0 Å². The Labute approximate surface area is 374 Å². The predicted molar refractivity (Wildman–Crippen MR) is 239 cm³/mol. The molecule has 7 heterocycles. The van der Waals surface area contributed by atoms with Gasteiger partial charge in [0.1, 0.15) is 34.9 Å². The fourth-order valence-electron chi connectivity index (χ4n) is 9.98. The highest BCUT2D eigenvalue weighted by Gasteiger charge is 2.46. The number of piperidine rings is 1. The molecule has 6 aromatic rings. The first kappa shape index (κ1) is 41.1. The van der Waals surface area contributed by atoms with Crippen LogP contribution in [0.5, 0.6) is 5.75 Å². The van der Waals surface area contributed by atoms with Gasteiger partial charge in [0.2, 0.25) is 5.95 Å². The summed E-state index contributed by atoms with van der Waals surface area (Å²) in [5.74, 6) is 4.03. The Bertz CT molecular complexity index is 2700. The second-order valence-electron chi connectivity index (χ2n) is 17.6. The number of aromatic nitrogens is 7. The first-order valence-electron chi connectivity index (χ1n) is 21.8. The van der Waals surface area contributed by atoms with Gasteiger partial charge < -0.3 is 19.4 Å². The number of anilines is 1. The third-order valence-corrected chi connectivity index (χ3v) is 15.0. The molecule has 10 rings (SSSR count). The molecule has 1 aromatic carbocycles. The van der Waals surface area contributed by atoms with E-state index in [0.29, 0.717) is 51.5 Å². The van der Waals surface area contributed by atoms with Crippen molar-refractivity contribution in [2.24, 2.45) is 16.3 Å². The number of nitrogens with zero attached hydrogens (tertiary/aromatic N) is 10. The maximum Gasteiger partial charge on any atom is 0.254 e. The van der Waals surface area contributed by atoms with Gasteiger partial charge >= 0.3 is 0 Å². The topological polar surface area (TPSA) is 173 Å². The molecule has 2 aliphatic carbocycles. The average molecular weight is 882 g/mol. The van der Waals surface area contributed by atoms with E-state index in [4.69, 9.17) is 36.0 Å². The van der Waals surface area contributed by atoms with Crippen LogP contribution in [-0.4, -0.2) is 71.6 Å². The van der Waals surface area contributed by atoms with Crippen molar-refractivity contribution in [1.29, 1.82) is 5.26 Å². The summed E-state index contributed by atoms with van der Waals surface area (Å²) in [6.07, 6.45) is 18.0. The molecule has 0 radical (unpaired) electrons. The van der Waals surface area contributed by atoms with Crippen LogP contribution in [0.2, 0.25) is 5.02 Å². The summed E-state index contributed by atoms with van der Waals surface area (Å²) in [6, 6.07) is 11.3. The third-order valence-electron chi connectivity index (χ3n) is 13.5. The molecule has 1 amide bonds. The summed E-state index contributed by atoms with van der Waals surface area (Å²) in [5.41, 5.74) is 6.50. The highest BCUT2D eigenvalue weighted by atomic mass is 35.5. The Balaban J connectivity index is 0.712. The van der Waals surface area contributed by atoms with Crippen molar-refractivity contribution < 1.29 is 13.9 Å². The Hall–Kier alpha value is -5.98. The lowest BCUT2D eigenvalue weighted by Gasteiger charge is -2.52. The summed E-state index contributed by atoms with van der Waals surface area (Å²) >= 11 is 7.91. The van der Waals surface area contributed by atoms with Crippen LogP contribution in [0.1, 0.15) is 118 Å². The number of halogens is 1. The van der Waals surface area contributed by atoms with Crippen molar-refractivity contribution in [3.05, 3.63) is 122 Å². The van der Waals surface area contributed by atoms with E-state index in [1.807, 2.05) is 13.1 Å². The number of carbonyl (C=O) groups is 1. The maximum absolute atomic E-state index is 13.1. The van der Waals surface area contributed by atoms with Crippen molar-refractivity contribution in [3.8, 4) is 16.8 Å². The summed E-state index contributed by atoms with van der Waals surface area (Å²) in [6.45, 7) is 8.12. The number of hydrogen-bond donors (Lipinski definition) is 1. The smallest absolute Gasteiger partial charge is 0.254 e. The molecular weight excluding hydrogens is 834 g/mol. The van der Waals surface area contributed by atoms with Gasteiger partial charge in [-0.15, -0.1) is 21.5 Å². The van der Waals surface area contributed by atoms with E-state index < -0.39 is 0 Å². The number of ether oxygens (including phenoxy) is 1. The molecule has 3 fully saturated rings. The van der Waals surface area contributed by atoms with Gasteiger partial charge in [-0.1, -0.05) is 17.7 Å². The van der Waals surface area contributed by atoms with E-state index in [0.717, 1.165) is 91.7 Å². The van der Waals surface area contributed by atoms with Gasteiger partial charge in [0.15, 0.2) is 11.7 Å². The van der Waals surface area contributed by atoms with E-state index in [1.54, 1.807) is 54.4 Å². The van der Waals surface area contributed by atoms with E-state index in [1.165, 1.54) is 28.8 Å². The maximum atomic E-state index is 13.1.